The second kappa shape index (κ2) is 7.57. The minimum atomic E-state index is 0.0333. The van der Waals surface area contributed by atoms with Gasteiger partial charge in [0, 0.05) is 35.3 Å². The van der Waals surface area contributed by atoms with Crippen molar-refractivity contribution in [2.75, 3.05) is 9.80 Å². The molecule has 2 aromatic carbocycles. The molecule has 0 spiro atoms. The molecule has 2 unspecified atom stereocenters. The molecule has 2 aliphatic heterocycles. The zero-order valence-corrected chi connectivity index (χ0v) is 17.9. The van der Waals surface area contributed by atoms with Crippen LogP contribution in [0.25, 0.3) is 0 Å². The lowest BCUT2D eigenvalue weighted by Crippen LogP contribution is -2.44. The minimum absolute atomic E-state index is 0.0333. The third-order valence-electron chi connectivity index (χ3n) is 7.32. The van der Waals surface area contributed by atoms with Crippen LogP contribution in [0.15, 0.2) is 48.5 Å². The van der Waals surface area contributed by atoms with Gasteiger partial charge in [0.15, 0.2) is 0 Å². The third-order valence-corrected chi connectivity index (χ3v) is 7.32. The molecule has 2 aromatic rings. The van der Waals surface area contributed by atoms with Crippen molar-refractivity contribution in [2.45, 2.75) is 64.5 Å². The summed E-state index contributed by atoms with van der Waals surface area (Å²) in [5.41, 5.74) is 4.69. The number of fused-ring (bicyclic) bond motifs is 2. The van der Waals surface area contributed by atoms with Gasteiger partial charge in [0.05, 0.1) is 0 Å². The third kappa shape index (κ3) is 3.13. The van der Waals surface area contributed by atoms with E-state index in [9.17, 15) is 9.59 Å². The number of anilines is 2. The van der Waals surface area contributed by atoms with Crippen LogP contribution < -0.4 is 9.80 Å². The molecule has 2 amide bonds. The molecule has 3 aliphatic rings. The molecule has 4 nitrogen and oxygen atoms in total. The first-order chi connectivity index (χ1) is 14.5. The van der Waals surface area contributed by atoms with Crippen molar-refractivity contribution in [3.8, 4) is 0 Å². The van der Waals surface area contributed by atoms with E-state index in [1.54, 1.807) is 0 Å². The van der Waals surface area contributed by atoms with Gasteiger partial charge in [0.2, 0.25) is 11.8 Å². The van der Waals surface area contributed by atoms with Gasteiger partial charge in [0.25, 0.3) is 0 Å². The normalized spacial score (nSPS) is 27.7. The molecule has 4 heteroatoms. The number of carbonyl (C=O) groups excluding carboxylic acids is 2. The Kier molecular flexibility index (Phi) is 4.88. The average molecular weight is 403 g/mol. The lowest BCUT2D eigenvalue weighted by atomic mass is 9.80. The van der Waals surface area contributed by atoms with E-state index in [4.69, 9.17) is 0 Å². The van der Waals surface area contributed by atoms with E-state index in [1.807, 2.05) is 34.1 Å². The first-order valence-electron chi connectivity index (χ1n) is 11.4. The molecule has 1 aliphatic carbocycles. The molecule has 156 valence electrons. The van der Waals surface area contributed by atoms with Crippen LogP contribution in [-0.2, 0) is 22.4 Å². The summed E-state index contributed by atoms with van der Waals surface area (Å²) in [6.07, 6.45) is 5.11. The minimum Gasteiger partial charge on any atom is -0.309 e. The predicted molar refractivity (Wildman–Crippen MR) is 120 cm³/mol. The van der Waals surface area contributed by atoms with Crippen LogP contribution in [0.2, 0.25) is 0 Å². The maximum absolute atomic E-state index is 13.4. The quantitative estimate of drug-likeness (QED) is 0.727. The van der Waals surface area contributed by atoms with Crippen molar-refractivity contribution in [2.24, 2.45) is 11.8 Å². The van der Waals surface area contributed by atoms with E-state index in [-0.39, 0.29) is 35.7 Å². The summed E-state index contributed by atoms with van der Waals surface area (Å²) in [5.74, 6) is 0.563. The summed E-state index contributed by atoms with van der Waals surface area (Å²) in [6.45, 7) is 4.28. The molecule has 1 saturated carbocycles. The highest BCUT2D eigenvalue weighted by Gasteiger charge is 2.40. The van der Waals surface area contributed by atoms with Crippen LogP contribution in [0.4, 0.5) is 11.4 Å². The summed E-state index contributed by atoms with van der Waals surface area (Å²) < 4.78 is 0. The molecule has 0 bridgehead atoms. The predicted octanol–water partition coefficient (Wildman–Crippen LogP) is 4.75. The van der Waals surface area contributed by atoms with E-state index in [0.29, 0.717) is 0 Å². The van der Waals surface area contributed by atoms with E-state index in [2.05, 4.69) is 38.1 Å². The Morgan fingerprint density at radius 1 is 0.667 bits per heavy atom. The van der Waals surface area contributed by atoms with E-state index >= 15 is 0 Å². The second-order valence-corrected chi connectivity index (χ2v) is 9.33. The Bertz CT molecular complexity index is 897. The van der Waals surface area contributed by atoms with Gasteiger partial charge in [0.1, 0.15) is 0 Å². The molecule has 2 heterocycles. The number of benzene rings is 2. The smallest absolute Gasteiger partial charge is 0.230 e. The Hall–Kier alpha value is -2.62. The number of amides is 2. The van der Waals surface area contributed by atoms with Gasteiger partial charge in [-0.3, -0.25) is 9.59 Å². The molecule has 2 atom stereocenters. The van der Waals surface area contributed by atoms with Crippen LogP contribution in [0.1, 0.15) is 50.7 Å². The van der Waals surface area contributed by atoms with Crippen molar-refractivity contribution in [3.05, 3.63) is 59.7 Å². The van der Waals surface area contributed by atoms with Gasteiger partial charge in [-0.25, -0.2) is 0 Å². The number of hydrogen-bond donors (Lipinski definition) is 0. The van der Waals surface area contributed by atoms with Crippen molar-refractivity contribution in [3.63, 3.8) is 0 Å². The number of para-hydroxylation sites is 2. The first-order valence-corrected chi connectivity index (χ1v) is 11.4. The number of rotatable bonds is 2. The highest BCUT2D eigenvalue weighted by molar-refractivity contribution is 5.99. The van der Waals surface area contributed by atoms with Gasteiger partial charge < -0.3 is 9.80 Å². The van der Waals surface area contributed by atoms with Crippen molar-refractivity contribution < 1.29 is 9.59 Å². The molecule has 1 fully saturated rings. The molecule has 5 rings (SSSR count). The molecular weight excluding hydrogens is 372 g/mol. The monoisotopic (exact) mass is 402 g/mol. The fraction of sp³-hybridized carbons (Fsp3) is 0.462. The molecule has 30 heavy (non-hydrogen) atoms. The van der Waals surface area contributed by atoms with Crippen molar-refractivity contribution in [1.82, 2.24) is 0 Å². The maximum atomic E-state index is 13.4. The highest BCUT2D eigenvalue weighted by Crippen LogP contribution is 2.39. The topological polar surface area (TPSA) is 40.6 Å². The standard InChI is InChI=1S/C26H30N2O2/c1-17-15-21-7-3-5-9-23(21)27(17)25(29)19-11-13-20(14-12-19)26(30)28-18(2)16-22-8-4-6-10-24(22)28/h3-10,17-20H,11-16H2,1-2H3. The SMILES string of the molecule is CC1Cc2ccccc2N1C(=O)C1CCC(C(=O)N2c3ccccc3CC2C)CC1. The van der Waals surface area contributed by atoms with E-state index in [0.717, 1.165) is 49.9 Å². The molecule has 0 saturated heterocycles. The van der Waals surface area contributed by atoms with E-state index < -0.39 is 0 Å². The van der Waals surface area contributed by atoms with Gasteiger partial charge in [-0.1, -0.05) is 36.4 Å². The van der Waals surface area contributed by atoms with Crippen LogP contribution >= 0.6 is 0 Å². The van der Waals surface area contributed by atoms with E-state index in [1.165, 1.54) is 11.1 Å². The Balaban J connectivity index is 1.26. The van der Waals surface area contributed by atoms with Gasteiger partial charge >= 0.3 is 0 Å². The fourth-order valence-electron chi connectivity index (χ4n) is 5.78. The summed E-state index contributed by atoms with van der Waals surface area (Å²) in [4.78, 5) is 30.7. The summed E-state index contributed by atoms with van der Waals surface area (Å²) >= 11 is 0. The zero-order chi connectivity index (χ0) is 20.8. The van der Waals surface area contributed by atoms with Crippen LogP contribution in [0, 0.1) is 11.8 Å². The largest absolute Gasteiger partial charge is 0.309 e. The molecule has 0 radical (unpaired) electrons. The molecule has 0 aromatic heterocycles. The van der Waals surface area contributed by atoms with Crippen LogP contribution in [0.5, 0.6) is 0 Å². The van der Waals surface area contributed by atoms with Crippen LogP contribution in [-0.4, -0.2) is 23.9 Å². The zero-order valence-electron chi connectivity index (χ0n) is 17.9. The number of hydrogen-bond acceptors (Lipinski definition) is 2. The van der Waals surface area contributed by atoms with Gasteiger partial charge in [-0.05, 0) is 75.6 Å². The molecule has 0 N–H and O–H groups in total. The Morgan fingerprint density at radius 2 is 1.03 bits per heavy atom. The lowest BCUT2D eigenvalue weighted by Gasteiger charge is -2.34. The van der Waals surface area contributed by atoms with Crippen LogP contribution in [0.3, 0.4) is 0 Å². The number of nitrogens with zero attached hydrogens (tertiary/aromatic N) is 2. The summed E-state index contributed by atoms with van der Waals surface area (Å²) in [6, 6.07) is 17.0. The lowest BCUT2D eigenvalue weighted by molar-refractivity contribution is -0.128. The summed E-state index contributed by atoms with van der Waals surface area (Å²) in [7, 11) is 0. The maximum Gasteiger partial charge on any atom is 0.230 e. The Morgan fingerprint density at radius 3 is 1.43 bits per heavy atom. The van der Waals surface area contributed by atoms with Gasteiger partial charge in [-0.2, -0.15) is 0 Å². The van der Waals surface area contributed by atoms with Gasteiger partial charge in [-0.15, -0.1) is 0 Å². The Labute approximate surface area is 178 Å². The second-order valence-electron chi connectivity index (χ2n) is 9.33. The number of carbonyl (C=O) groups is 2. The van der Waals surface area contributed by atoms with Crippen molar-refractivity contribution in [1.29, 1.82) is 0 Å². The van der Waals surface area contributed by atoms with Crippen molar-refractivity contribution >= 4 is 23.2 Å². The summed E-state index contributed by atoms with van der Waals surface area (Å²) in [5, 5.41) is 0. The fourth-order valence-corrected chi connectivity index (χ4v) is 5.78. The first kappa shape index (κ1) is 19.3. The molecular formula is C26H30N2O2. The highest BCUT2D eigenvalue weighted by atomic mass is 16.2. The average Bonchev–Trinajstić information content (AvgIpc) is 3.28.